The fraction of sp³-hybridized carbons (Fsp3) is 0.500. The van der Waals surface area contributed by atoms with Crippen LogP contribution < -0.4 is 5.32 Å². The van der Waals surface area contributed by atoms with E-state index in [0.717, 1.165) is 16.1 Å². The Bertz CT molecular complexity index is 441. The van der Waals surface area contributed by atoms with Crippen LogP contribution in [-0.4, -0.2) is 23.2 Å². The summed E-state index contributed by atoms with van der Waals surface area (Å²) in [7, 11) is 0. The number of nitrogens with one attached hydrogen (secondary N) is 1. The summed E-state index contributed by atoms with van der Waals surface area (Å²) in [5.74, 6) is 0.0450. The van der Waals surface area contributed by atoms with Gasteiger partial charge in [-0.05, 0) is 43.4 Å². The monoisotopic (exact) mass is 267 g/mol. The van der Waals surface area contributed by atoms with Gasteiger partial charge in [-0.15, -0.1) is 0 Å². The van der Waals surface area contributed by atoms with Crippen LogP contribution in [0.25, 0.3) is 0 Å². The fourth-order valence-corrected chi connectivity index (χ4v) is 2.26. The van der Waals surface area contributed by atoms with Gasteiger partial charge in [0.2, 0.25) is 5.91 Å². The van der Waals surface area contributed by atoms with Crippen LogP contribution in [0.3, 0.4) is 0 Å². The second-order valence-electron chi connectivity index (χ2n) is 4.97. The second-order valence-corrected chi connectivity index (χ2v) is 5.38. The van der Waals surface area contributed by atoms with Gasteiger partial charge < -0.3 is 10.4 Å². The van der Waals surface area contributed by atoms with Crippen molar-refractivity contribution in [2.75, 3.05) is 0 Å². The van der Waals surface area contributed by atoms with Gasteiger partial charge in [-0.1, -0.05) is 23.7 Å². The van der Waals surface area contributed by atoms with Crippen LogP contribution in [0.4, 0.5) is 0 Å². The molecule has 18 heavy (non-hydrogen) atoms. The second kappa shape index (κ2) is 5.72. The number of halogens is 1. The van der Waals surface area contributed by atoms with Crippen LogP contribution >= 0.6 is 11.6 Å². The molecule has 0 aliphatic heterocycles. The van der Waals surface area contributed by atoms with Crippen LogP contribution in [0, 0.1) is 6.92 Å². The van der Waals surface area contributed by atoms with Gasteiger partial charge in [0, 0.05) is 17.5 Å². The van der Waals surface area contributed by atoms with Gasteiger partial charge in [-0.25, -0.2) is 0 Å². The number of amides is 1. The van der Waals surface area contributed by atoms with Crippen molar-refractivity contribution in [2.45, 2.75) is 44.8 Å². The van der Waals surface area contributed by atoms with E-state index in [4.69, 9.17) is 16.7 Å². The van der Waals surface area contributed by atoms with Gasteiger partial charge in [0.15, 0.2) is 0 Å². The first kappa shape index (κ1) is 13.4. The first-order valence-corrected chi connectivity index (χ1v) is 6.65. The predicted molar refractivity (Wildman–Crippen MR) is 71.7 cm³/mol. The topological polar surface area (TPSA) is 49.3 Å². The molecular weight excluding hydrogens is 250 g/mol. The number of carbonyl (C=O) groups is 1. The zero-order chi connectivity index (χ0) is 13.1. The van der Waals surface area contributed by atoms with Gasteiger partial charge in [0.05, 0.1) is 6.10 Å². The SMILES string of the molecule is Cc1ccc(CCC(=O)NC2CC(O)C2)cc1Cl. The van der Waals surface area contributed by atoms with Crippen LogP contribution in [0.5, 0.6) is 0 Å². The Hall–Kier alpha value is -1.06. The molecule has 1 fully saturated rings. The largest absolute Gasteiger partial charge is 0.393 e. The van der Waals surface area contributed by atoms with Crippen molar-refractivity contribution in [3.8, 4) is 0 Å². The van der Waals surface area contributed by atoms with E-state index in [-0.39, 0.29) is 18.1 Å². The number of hydrogen-bond acceptors (Lipinski definition) is 2. The molecule has 0 aromatic heterocycles. The van der Waals surface area contributed by atoms with Crippen molar-refractivity contribution in [3.05, 3.63) is 34.3 Å². The normalized spacial score (nSPS) is 22.4. The third kappa shape index (κ3) is 3.47. The maximum absolute atomic E-state index is 11.7. The summed E-state index contributed by atoms with van der Waals surface area (Å²) in [5.41, 5.74) is 2.13. The lowest BCUT2D eigenvalue weighted by Crippen LogP contribution is -2.46. The molecule has 0 radical (unpaired) electrons. The van der Waals surface area contributed by atoms with Gasteiger partial charge in [-0.2, -0.15) is 0 Å². The molecule has 2 rings (SSSR count). The highest BCUT2D eigenvalue weighted by atomic mass is 35.5. The molecule has 98 valence electrons. The minimum absolute atomic E-state index is 0.0450. The fourth-order valence-electron chi connectivity index (χ4n) is 2.06. The molecule has 1 aromatic carbocycles. The maximum Gasteiger partial charge on any atom is 0.220 e. The Balaban J connectivity index is 1.76. The summed E-state index contributed by atoms with van der Waals surface area (Å²) in [6, 6.07) is 6.05. The van der Waals surface area contributed by atoms with Gasteiger partial charge in [0.25, 0.3) is 0 Å². The van der Waals surface area contributed by atoms with Crippen molar-refractivity contribution in [2.24, 2.45) is 0 Å². The summed E-state index contributed by atoms with van der Waals surface area (Å²) in [5, 5.41) is 12.8. The smallest absolute Gasteiger partial charge is 0.220 e. The number of aryl methyl sites for hydroxylation is 2. The first-order valence-electron chi connectivity index (χ1n) is 6.27. The summed E-state index contributed by atoms with van der Waals surface area (Å²) in [6.45, 7) is 1.96. The average Bonchev–Trinajstić information content (AvgIpc) is 2.29. The lowest BCUT2D eigenvalue weighted by molar-refractivity contribution is -0.123. The van der Waals surface area contributed by atoms with E-state index >= 15 is 0 Å². The van der Waals surface area contributed by atoms with E-state index in [1.54, 1.807) is 0 Å². The molecule has 0 heterocycles. The number of carbonyl (C=O) groups excluding carboxylic acids is 1. The number of rotatable bonds is 4. The van der Waals surface area contributed by atoms with Crippen molar-refractivity contribution in [1.29, 1.82) is 0 Å². The molecule has 1 aromatic rings. The molecule has 0 unspecified atom stereocenters. The standard InChI is InChI=1S/C14H18ClNO2/c1-9-2-3-10(6-13(9)15)4-5-14(18)16-11-7-12(17)8-11/h2-3,6,11-12,17H,4-5,7-8H2,1H3,(H,16,18). The molecule has 2 N–H and O–H groups in total. The number of aliphatic hydroxyl groups is 1. The van der Waals surface area contributed by atoms with E-state index < -0.39 is 0 Å². The molecule has 1 saturated carbocycles. The van der Waals surface area contributed by atoms with Crippen molar-refractivity contribution in [1.82, 2.24) is 5.32 Å². The van der Waals surface area contributed by atoms with Crippen LogP contribution in [-0.2, 0) is 11.2 Å². The van der Waals surface area contributed by atoms with Crippen molar-refractivity contribution >= 4 is 17.5 Å². The van der Waals surface area contributed by atoms with Crippen molar-refractivity contribution < 1.29 is 9.90 Å². The Morgan fingerprint density at radius 2 is 2.22 bits per heavy atom. The highest BCUT2D eigenvalue weighted by Crippen LogP contribution is 2.20. The summed E-state index contributed by atoms with van der Waals surface area (Å²) in [6.07, 6.45) is 2.29. The lowest BCUT2D eigenvalue weighted by atomic mass is 9.89. The van der Waals surface area contributed by atoms with Gasteiger partial charge in [0.1, 0.15) is 0 Å². The van der Waals surface area contributed by atoms with Crippen LogP contribution in [0.1, 0.15) is 30.4 Å². The molecule has 1 amide bonds. The highest BCUT2D eigenvalue weighted by molar-refractivity contribution is 6.31. The molecular formula is C14H18ClNO2. The molecule has 3 nitrogen and oxygen atoms in total. The molecule has 0 saturated heterocycles. The van der Waals surface area contributed by atoms with E-state index in [0.29, 0.717) is 25.7 Å². The van der Waals surface area contributed by atoms with E-state index in [9.17, 15) is 4.79 Å². The molecule has 4 heteroatoms. The highest BCUT2D eigenvalue weighted by Gasteiger charge is 2.27. The average molecular weight is 268 g/mol. The molecule has 1 aliphatic carbocycles. The zero-order valence-corrected chi connectivity index (χ0v) is 11.2. The first-order chi connectivity index (χ1) is 8.54. The van der Waals surface area contributed by atoms with E-state index in [2.05, 4.69) is 5.32 Å². The summed E-state index contributed by atoms with van der Waals surface area (Å²) >= 11 is 6.03. The summed E-state index contributed by atoms with van der Waals surface area (Å²) in [4.78, 5) is 11.7. The van der Waals surface area contributed by atoms with Crippen molar-refractivity contribution in [3.63, 3.8) is 0 Å². The van der Waals surface area contributed by atoms with E-state index in [1.807, 2.05) is 25.1 Å². The number of aliphatic hydroxyl groups excluding tert-OH is 1. The van der Waals surface area contributed by atoms with Gasteiger partial charge in [-0.3, -0.25) is 4.79 Å². The minimum atomic E-state index is -0.230. The van der Waals surface area contributed by atoms with E-state index in [1.165, 1.54) is 0 Å². The molecule has 0 spiro atoms. The quantitative estimate of drug-likeness (QED) is 0.879. The molecule has 0 atom stereocenters. The predicted octanol–water partition coefficient (Wildman–Crippen LogP) is 2.22. The third-order valence-corrected chi connectivity index (χ3v) is 3.76. The Labute approximate surface area is 112 Å². The Kier molecular flexibility index (Phi) is 4.25. The van der Waals surface area contributed by atoms with Gasteiger partial charge >= 0.3 is 0 Å². The maximum atomic E-state index is 11.7. The molecule has 1 aliphatic rings. The van der Waals surface area contributed by atoms with Crippen LogP contribution in [0.2, 0.25) is 5.02 Å². The minimum Gasteiger partial charge on any atom is -0.393 e. The summed E-state index contributed by atoms with van der Waals surface area (Å²) < 4.78 is 0. The molecule has 0 bridgehead atoms. The third-order valence-electron chi connectivity index (χ3n) is 3.36. The number of benzene rings is 1. The Morgan fingerprint density at radius 1 is 1.50 bits per heavy atom. The lowest BCUT2D eigenvalue weighted by Gasteiger charge is -2.31. The van der Waals surface area contributed by atoms with Crippen LogP contribution in [0.15, 0.2) is 18.2 Å². The number of hydrogen-bond donors (Lipinski definition) is 2. The zero-order valence-electron chi connectivity index (χ0n) is 10.4. The Morgan fingerprint density at radius 3 is 2.83 bits per heavy atom.